The van der Waals surface area contributed by atoms with E-state index in [0.29, 0.717) is 5.52 Å². The number of Topliss-reactive ketones (excluding diaryl/α,β-unsaturated/α-hetero) is 1. The number of carbonyl (C=O) groups excluding carboxylic acids is 1. The van der Waals surface area contributed by atoms with Crippen molar-refractivity contribution in [3.8, 4) is 0 Å². The molecule has 23 heavy (non-hydrogen) atoms. The molecule has 2 aromatic carbocycles. The number of aryl methyl sites for hydroxylation is 1. The van der Waals surface area contributed by atoms with Crippen LogP contribution < -0.4 is 0 Å². The third-order valence-corrected chi connectivity index (χ3v) is 5.85. The van der Waals surface area contributed by atoms with Gasteiger partial charge in [0.1, 0.15) is 5.69 Å². The maximum Gasteiger partial charge on any atom is 0.268 e. The topological polar surface area (TPSA) is 56.1 Å². The molecule has 0 amide bonds. The van der Waals surface area contributed by atoms with Crippen molar-refractivity contribution in [3.05, 3.63) is 65.9 Å². The van der Waals surface area contributed by atoms with Gasteiger partial charge < -0.3 is 0 Å². The lowest BCUT2D eigenvalue weighted by molar-refractivity contribution is 0.101. The SMILES string of the molecule is Cc1ccc2c(c1)cc(C(=O)CBr)n2S(=O)(=O)c1ccccc1. The predicted octanol–water partition coefficient (Wildman–Crippen LogP) is 3.76. The zero-order chi connectivity index (χ0) is 16.6. The van der Waals surface area contributed by atoms with Crippen LogP contribution in [0.2, 0.25) is 0 Å². The van der Waals surface area contributed by atoms with Crippen LogP contribution in [0, 0.1) is 6.92 Å². The Labute approximate surface area is 142 Å². The van der Waals surface area contributed by atoms with Gasteiger partial charge in [-0.2, -0.15) is 0 Å². The molecule has 0 fully saturated rings. The van der Waals surface area contributed by atoms with E-state index < -0.39 is 10.0 Å². The fourth-order valence-electron chi connectivity index (χ4n) is 2.53. The number of benzene rings is 2. The minimum Gasteiger partial charge on any atom is -0.292 e. The fourth-order valence-corrected chi connectivity index (χ4v) is 4.37. The van der Waals surface area contributed by atoms with Gasteiger partial charge >= 0.3 is 0 Å². The molecule has 1 heterocycles. The number of aromatic nitrogens is 1. The molecule has 0 aliphatic carbocycles. The first-order valence-corrected chi connectivity index (χ1v) is 9.53. The lowest BCUT2D eigenvalue weighted by atomic mass is 10.2. The number of hydrogen-bond acceptors (Lipinski definition) is 3. The summed E-state index contributed by atoms with van der Waals surface area (Å²) in [5.41, 5.74) is 1.67. The van der Waals surface area contributed by atoms with Gasteiger partial charge in [0.25, 0.3) is 10.0 Å². The van der Waals surface area contributed by atoms with Crippen LogP contribution in [0.4, 0.5) is 0 Å². The minimum atomic E-state index is -3.85. The number of nitrogens with zero attached hydrogens (tertiary/aromatic N) is 1. The second-order valence-electron chi connectivity index (χ2n) is 5.23. The minimum absolute atomic E-state index is 0.0621. The number of rotatable bonds is 4. The van der Waals surface area contributed by atoms with Crippen molar-refractivity contribution in [2.75, 3.05) is 5.33 Å². The summed E-state index contributed by atoms with van der Waals surface area (Å²) in [6.07, 6.45) is 0. The first kappa shape index (κ1) is 16.0. The van der Waals surface area contributed by atoms with Gasteiger partial charge in [0, 0.05) is 5.39 Å². The second-order valence-corrected chi connectivity index (χ2v) is 7.58. The average Bonchev–Trinajstić information content (AvgIpc) is 2.94. The summed E-state index contributed by atoms with van der Waals surface area (Å²) in [6, 6.07) is 15.2. The Kier molecular flexibility index (Phi) is 4.12. The van der Waals surface area contributed by atoms with Gasteiger partial charge in [0.2, 0.25) is 0 Å². The highest BCUT2D eigenvalue weighted by atomic mass is 79.9. The van der Waals surface area contributed by atoms with Gasteiger partial charge in [0.05, 0.1) is 15.7 Å². The van der Waals surface area contributed by atoms with Crippen LogP contribution in [0.1, 0.15) is 16.1 Å². The Morgan fingerprint density at radius 1 is 1.09 bits per heavy atom. The first-order valence-electron chi connectivity index (χ1n) is 6.97. The number of hydrogen-bond donors (Lipinski definition) is 0. The van der Waals surface area contributed by atoms with Crippen molar-refractivity contribution in [3.63, 3.8) is 0 Å². The molecule has 6 heteroatoms. The molecule has 0 radical (unpaired) electrons. The van der Waals surface area contributed by atoms with Gasteiger partial charge in [0.15, 0.2) is 5.78 Å². The molecule has 0 saturated carbocycles. The van der Waals surface area contributed by atoms with Gasteiger partial charge in [-0.15, -0.1) is 0 Å². The van der Waals surface area contributed by atoms with E-state index in [1.165, 1.54) is 12.1 Å². The molecule has 0 atom stereocenters. The van der Waals surface area contributed by atoms with Crippen molar-refractivity contribution in [2.45, 2.75) is 11.8 Å². The summed E-state index contributed by atoms with van der Waals surface area (Å²) in [5.74, 6) is -0.279. The van der Waals surface area contributed by atoms with Crippen LogP contribution in [0.25, 0.3) is 10.9 Å². The van der Waals surface area contributed by atoms with Crippen LogP contribution in [0.15, 0.2) is 59.5 Å². The summed E-state index contributed by atoms with van der Waals surface area (Å²) < 4.78 is 27.2. The van der Waals surface area contributed by atoms with Gasteiger partial charge in [-0.3, -0.25) is 4.79 Å². The molecule has 0 aliphatic rings. The number of ketones is 1. The van der Waals surface area contributed by atoms with Crippen LogP contribution >= 0.6 is 15.9 Å². The zero-order valence-corrected chi connectivity index (χ0v) is 14.8. The van der Waals surface area contributed by atoms with E-state index in [2.05, 4.69) is 15.9 Å². The largest absolute Gasteiger partial charge is 0.292 e. The predicted molar refractivity (Wildman–Crippen MR) is 93.8 cm³/mol. The summed E-state index contributed by atoms with van der Waals surface area (Å²) in [7, 11) is -3.85. The molecule has 0 N–H and O–H groups in total. The number of carbonyl (C=O) groups is 1. The Balaban J connectivity index is 2.37. The Morgan fingerprint density at radius 3 is 2.43 bits per heavy atom. The van der Waals surface area contributed by atoms with Crippen LogP contribution in [0.3, 0.4) is 0 Å². The summed E-state index contributed by atoms with van der Waals surface area (Å²) in [4.78, 5) is 12.4. The Morgan fingerprint density at radius 2 is 1.78 bits per heavy atom. The molecular weight excluding hydrogens is 378 g/mol. The Hall–Kier alpha value is -1.92. The molecular formula is C17H14BrNO3S. The highest BCUT2D eigenvalue weighted by Crippen LogP contribution is 2.27. The van der Waals surface area contributed by atoms with E-state index in [1.54, 1.807) is 30.3 Å². The molecule has 0 spiro atoms. The lowest BCUT2D eigenvalue weighted by Gasteiger charge is -2.11. The summed E-state index contributed by atoms with van der Waals surface area (Å²) in [5, 5.41) is 0.792. The number of halogens is 1. The second kappa shape index (κ2) is 5.94. The molecule has 4 nitrogen and oxygen atoms in total. The number of fused-ring (bicyclic) bond motifs is 1. The zero-order valence-electron chi connectivity index (χ0n) is 12.4. The van der Waals surface area contributed by atoms with E-state index in [0.717, 1.165) is 14.9 Å². The summed E-state index contributed by atoms with van der Waals surface area (Å²) in [6.45, 7) is 1.93. The van der Waals surface area contributed by atoms with E-state index >= 15 is 0 Å². The smallest absolute Gasteiger partial charge is 0.268 e. The molecule has 0 bridgehead atoms. The van der Waals surface area contributed by atoms with Crippen molar-refractivity contribution in [2.24, 2.45) is 0 Å². The maximum atomic E-state index is 13.0. The van der Waals surface area contributed by atoms with Crippen LogP contribution in [-0.4, -0.2) is 23.5 Å². The van der Waals surface area contributed by atoms with Crippen molar-refractivity contribution in [1.82, 2.24) is 3.97 Å². The third-order valence-electron chi connectivity index (χ3n) is 3.60. The highest BCUT2D eigenvalue weighted by Gasteiger charge is 2.25. The highest BCUT2D eigenvalue weighted by molar-refractivity contribution is 9.09. The van der Waals surface area contributed by atoms with E-state index in [4.69, 9.17) is 0 Å². The Bertz CT molecular complexity index is 991. The van der Waals surface area contributed by atoms with Crippen molar-refractivity contribution < 1.29 is 13.2 Å². The molecule has 3 aromatic rings. The number of alkyl halides is 1. The average molecular weight is 392 g/mol. The standard InChI is InChI=1S/C17H14BrNO3S/c1-12-7-8-15-13(9-12)10-16(17(20)11-18)19(15)23(21,22)14-5-3-2-4-6-14/h2-10H,11H2,1H3. The monoisotopic (exact) mass is 391 g/mol. The molecule has 3 rings (SSSR count). The van der Waals surface area contributed by atoms with Gasteiger partial charge in [-0.05, 0) is 37.3 Å². The van der Waals surface area contributed by atoms with E-state index in [1.807, 2.05) is 19.1 Å². The van der Waals surface area contributed by atoms with Gasteiger partial charge in [-0.1, -0.05) is 45.8 Å². The van der Waals surface area contributed by atoms with Crippen molar-refractivity contribution in [1.29, 1.82) is 0 Å². The lowest BCUT2D eigenvalue weighted by Crippen LogP contribution is -2.19. The van der Waals surface area contributed by atoms with Gasteiger partial charge in [-0.25, -0.2) is 12.4 Å². The molecule has 118 valence electrons. The van der Waals surface area contributed by atoms with E-state index in [-0.39, 0.29) is 21.7 Å². The first-order chi connectivity index (χ1) is 10.9. The van der Waals surface area contributed by atoms with Crippen LogP contribution in [-0.2, 0) is 10.0 Å². The van der Waals surface area contributed by atoms with Crippen LogP contribution in [0.5, 0.6) is 0 Å². The summed E-state index contributed by atoms with van der Waals surface area (Å²) >= 11 is 3.12. The maximum absolute atomic E-state index is 13.0. The quantitative estimate of drug-likeness (QED) is 0.502. The molecule has 1 aromatic heterocycles. The normalized spacial score (nSPS) is 11.7. The molecule has 0 unspecified atom stereocenters. The van der Waals surface area contributed by atoms with Crippen molar-refractivity contribution >= 4 is 42.6 Å². The molecule has 0 aliphatic heterocycles. The third kappa shape index (κ3) is 2.72. The fraction of sp³-hybridized carbons (Fsp3) is 0.118. The molecule has 0 saturated heterocycles. The van der Waals surface area contributed by atoms with E-state index in [9.17, 15) is 13.2 Å².